The standard InChI is InChI=1S/C22H21N3O7/c26-11-10-23-13-21(24(29)30)17-9-5-4-8-16(17)20(28)22(14-23,25(31)32)19(21)12-18(27)15-6-2-1-3-7-15/h1-9,19,26H,10-14H2/t19-,21+,22-/m0/s1. The van der Waals surface area contributed by atoms with Crippen LogP contribution >= 0.6 is 0 Å². The fraction of sp³-hybridized carbons (Fsp3) is 0.364. The van der Waals surface area contributed by atoms with Crippen LogP contribution in [0.25, 0.3) is 0 Å². The molecule has 3 atom stereocenters. The summed E-state index contributed by atoms with van der Waals surface area (Å²) in [5, 5.41) is 34.6. The Morgan fingerprint density at radius 2 is 1.59 bits per heavy atom. The lowest BCUT2D eigenvalue weighted by Gasteiger charge is -2.50. The lowest BCUT2D eigenvalue weighted by molar-refractivity contribution is -0.640. The Kier molecular flexibility index (Phi) is 5.35. The van der Waals surface area contributed by atoms with Gasteiger partial charge in [-0.25, -0.2) is 0 Å². The topological polar surface area (TPSA) is 144 Å². The zero-order chi connectivity index (χ0) is 23.1. The maximum atomic E-state index is 13.6. The van der Waals surface area contributed by atoms with Crippen molar-refractivity contribution >= 4 is 11.6 Å². The molecular weight excluding hydrogens is 418 g/mol. The van der Waals surface area contributed by atoms with E-state index in [4.69, 9.17) is 0 Å². The maximum Gasteiger partial charge on any atom is 0.306 e. The highest BCUT2D eigenvalue weighted by molar-refractivity contribution is 6.07. The summed E-state index contributed by atoms with van der Waals surface area (Å²) in [5.41, 5.74) is -4.18. The minimum Gasteiger partial charge on any atom is -0.395 e. The lowest BCUT2D eigenvalue weighted by Crippen LogP contribution is -2.75. The Bertz CT molecular complexity index is 1110. The highest BCUT2D eigenvalue weighted by Crippen LogP contribution is 2.53. The van der Waals surface area contributed by atoms with Gasteiger partial charge in [-0.15, -0.1) is 0 Å². The normalized spacial score (nSPS) is 26.9. The molecule has 2 bridgehead atoms. The molecule has 2 aliphatic rings. The highest BCUT2D eigenvalue weighted by Gasteiger charge is 2.77. The van der Waals surface area contributed by atoms with Gasteiger partial charge in [0.15, 0.2) is 5.78 Å². The largest absolute Gasteiger partial charge is 0.395 e. The minimum absolute atomic E-state index is 0.0621. The molecule has 10 nitrogen and oxygen atoms in total. The van der Waals surface area contributed by atoms with Crippen LogP contribution in [0, 0.1) is 26.1 Å². The molecule has 0 saturated carbocycles. The van der Waals surface area contributed by atoms with Gasteiger partial charge in [0.1, 0.15) is 5.92 Å². The molecule has 166 valence electrons. The van der Waals surface area contributed by atoms with E-state index in [1.807, 2.05) is 0 Å². The number of benzene rings is 2. The number of ketones is 2. The number of nitrogens with zero attached hydrogens (tertiary/aromatic N) is 3. The van der Waals surface area contributed by atoms with Crippen molar-refractivity contribution in [2.24, 2.45) is 5.92 Å². The fourth-order valence-corrected chi connectivity index (χ4v) is 5.26. The Hall–Kier alpha value is -3.50. The third-order valence-corrected chi connectivity index (χ3v) is 6.67. The van der Waals surface area contributed by atoms with E-state index in [9.17, 15) is 34.9 Å². The predicted octanol–water partition coefficient (Wildman–Crippen LogP) is 1.57. The van der Waals surface area contributed by atoms with E-state index >= 15 is 0 Å². The van der Waals surface area contributed by atoms with Crippen LogP contribution in [0.15, 0.2) is 54.6 Å². The summed E-state index contributed by atoms with van der Waals surface area (Å²) < 4.78 is 0. The average Bonchev–Trinajstić information content (AvgIpc) is 2.78. The second kappa shape index (κ2) is 7.88. The summed E-state index contributed by atoms with van der Waals surface area (Å²) >= 11 is 0. The van der Waals surface area contributed by atoms with Crippen molar-refractivity contribution in [1.29, 1.82) is 0 Å². The molecule has 2 aromatic carbocycles. The summed E-state index contributed by atoms with van der Waals surface area (Å²) in [6.45, 7) is -1.13. The average molecular weight is 439 g/mol. The molecule has 0 amide bonds. The number of aliphatic hydroxyl groups is 1. The van der Waals surface area contributed by atoms with E-state index < -0.39 is 51.4 Å². The minimum atomic E-state index is -2.39. The number of hydrogen-bond acceptors (Lipinski definition) is 8. The molecule has 0 aromatic heterocycles. The number of carbonyl (C=O) groups excluding carboxylic acids is 2. The quantitative estimate of drug-likeness (QED) is 0.389. The van der Waals surface area contributed by atoms with Crippen molar-refractivity contribution in [3.8, 4) is 0 Å². The van der Waals surface area contributed by atoms with Gasteiger partial charge in [0.25, 0.3) is 5.54 Å². The number of piperidine rings is 1. The first-order valence-electron chi connectivity index (χ1n) is 10.1. The molecule has 1 saturated heterocycles. The molecule has 1 aliphatic heterocycles. The van der Waals surface area contributed by atoms with Gasteiger partial charge < -0.3 is 5.11 Å². The molecule has 32 heavy (non-hydrogen) atoms. The van der Waals surface area contributed by atoms with Crippen LogP contribution in [-0.4, -0.2) is 63.2 Å². The van der Waals surface area contributed by atoms with Gasteiger partial charge in [-0.3, -0.25) is 34.7 Å². The van der Waals surface area contributed by atoms with E-state index in [0.29, 0.717) is 0 Å². The summed E-state index contributed by atoms with van der Waals surface area (Å²) in [4.78, 5) is 51.9. The van der Waals surface area contributed by atoms with Crippen molar-refractivity contribution in [2.75, 3.05) is 26.2 Å². The van der Waals surface area contributed by atoms with Crippen molar-refractivity contribution in [3.05, 3.63) is 91.5 Å². The van der Waals surface area contributed by atoms with E-state index in [-0.39, 0.29) is 36.4 Å². The number of fused-ring (bicyclic) bond motifs is 4. The van der Waals surface area contributed by atoms with E-state index in [1.54, 1.807) is 18.2 Å². The number of Topliss-reactive ketones (excluding diaryl/α,β-unsaturated/α-hetero) is 2. The molecule has 0 radical (unpaired) electrons. The number of nitro groups is 2. The zero-order valence-corrected chi connectivity index (χ0v) is 17.0. The van der Waals surface area contributed by atoms with Crippen LogP contribution in [0.2, 0.25) is 0 Å². The van der Waals surface area contributed by atoms with Gasteiger partial charge in [0.2, 0.25) is 5.78 Å². The molecule has 1 N–H and O–H groups in total. The van der Waals surface area contributed by atoms with Crippen LogP contribution in [-0.2, 0) is 5.54 Å². The van der Waals surface area contributed by atoms with Crippen LogP contribution in [0.1, 0.15) is 32.7 Å². The van der Waals surface area contributed by atoms with Crippen LogP contribution in [0.4, 0.5) is 0 Å². The Balaban J connectivity index is 1.97. The van der Waals surface area contributed by atoms with Crippen LogP contribution < -0.4 is 0 Å². The van der Waals surface area contributed by atoms with Gasteiger partial charge in [-0.2, -0.15) is 0 Å². The number of hydrogen-bond donors (Lipinski definition) is 1. The second-order valence-corrected chi connectivity index (χ2v) is 8.22. The monoisotopic (exact) mass is 439 g/mol. The maximum absolute atomic E-state index is 13.6. The number of rotatable bonds is 7. The van der Waals surface area contributed by atoms with Gasteiger partial charge in [-0.05, 0) is 0 Å². The third kappa shape index (κ3) is 2.94. The third-order valence-electron chi connectivity index (χ3n) is 6.67. The first-order valence-corrected chi connectivity index (χ1v) is 10.1. The van der Waals surface area contributed by atoms with E-state index in [0.717, 1.165) is 0 Å². The number of aliphatic hydroxyl groups excluding tert-OH is 1. The summed E-state index contributed by atoms with van der Waals surface area (Å²) in [6.07, 6.45) is -0.529. The number of carbonyl (C=O) groups is 2. The van der Waals surface area contributed by atoms with Gasteiger partial charge in [-0.1, -0.05) is 54.6 Å². The van der Waals surface area contributed by atoms with Gasteiger partial charge in [0.05, 0.1) is 19.7 Å². The summed E-state index contributed by atoms with van der Waals surface area (Å²) in [5.74, 6) is -2.84. The highest BCUT2D eigenvalue weighted by atomic mass is 16.6. The van der Waals surface area contributed by atoms with Crippen molar-refractivity contribution in [3.63, 3.8) is 0 Å². The van der Waals surface area contributed by atoms with Crippen LogP contribution in [0.5, 0.6) is 0 Å². The zero-order valence-electron chi connectivity index (χ0n) is 17.0. The first-order chi connectivity index (χ1) is 15.3. The second-order valence-electron chi connectivity index (χ2n) is 8.22. The Morgan fingerprint density at radius 3 is 2.22 bits per heavy atom. The number of likely N-dealkylation sites (tertiary alicyclic amines) is 1. The van der Waals surface area contributed by atoms with E-state index in [1.165, 1.54) is 41.3 Å². The molecule has 10 heteroatoms. The molecule has 1 fully saturated rings. The molecule has 0 unspecified atom stereocenters. The smallest absolute Gasteiger partial charge is 0.306 e. The summed E-state index contributed by atoms with van der Waals surface area (Å²) in [7, 11) is 0. The van der Waals surface area contributed by atoms with Crippen LogP contribution in [0.3, 0.4) is 0 Å². The lowest BCUT2D eigenvalue weighted by atomic mass is 9.55. The van der Waals surface area contributed by atoms with E-state index in [2.05, 4.69) is 0 Å². The molecular formula is C22H21N3O7. The number of β-amino-alcohol motifs (C(OH)–C–C–N with tert-alkyl or cyclic N) is 1. The molecule has 1 heterocycles. The van der Waals surface area contributed by atoms with Crippen molar-refractivity contribution < 1.29 is 24.5 Å². The predicted molar refractivity (Wildman–Crippen MR) is 112 cm³/mol. The first kappa shape index (κ1) is 21.7. The Labute approximate surface area is 182 Å². The van der Waals surface area contributed by atoms with Gasteiger partial charge in [0, 0.05) is 39.5 Å². The van der Waals surface area contributed by atoms with Crippen molar-refractivity contribution in [2.45, 2.75) is 17.5 Å². The van der Waals surface area contributed by atoms with Gasteiger partial charge >= 0.3 is 5.54 Å². The Morgan fingerprint density at radius 1 is 1.00 bits per heavy atom. The fourth-order valence-electron chi connectivity index (χ4n) is 5.26. The summed E-state index contributed by atoms with van der Waals surface area (Å²) in [6, 6.07) is 13.9. The SMILES string of the molecule is O=C(C[C@@H]1[C@@]2([N+](=O)[O-])CN(CCO)C[C@@]1([N+](=O)[O-])c1ccccc1C2=O)c1ccccc1. The van der Waals surface area contributed by atoms with Crippen molar-refractivity contribution in [1.82, 2.24) is 4.90 Å². The molecule has 1 aliphatic carbocycles. The molecule has 4 rings (SSSR count). The molecule has 0 spiro atoms. The molecule has 2 aromatic rings.